The number of nitrogens with zero attached hydrogens (tertiary/aromatic N) is 4. The zero-order valence-corrected chi connectivity index (χ0v) is 16.8. The van der Waals surface area contributed by atoms with Crippen LogP contribution in [0.5, 0.6) is 0 Å². The number of aliphatic carboxylic acids is 1. The zero-order valence-electron chi connectivity index (χ0n) is 16.0. The minimum absolute atomic E-state index is 0.315. The van der Waals surface area contributed by atoms with E-state index in [2.05, 4.69) is 10.3 Å². The van der Waals surface area contributed by atoms with Crippen molar-refractivity contribution in [1.29, 1.82) is 0 Å². The van der Waals surface area contributed by atoms with E-state index in [4.69, 9.17) is 15.6 Å². The van der Waals surface area contributed by atoms with Crippen molar-refractivity contribution in [3.8, 4) is 0 Å². The third-order valence-electron chi connectivity index (χ3n) is 4.73. The van der Waals surface area contributed by atoms with Gasteiger partial charge in [0.1, 0.15) is 0 Å². The Bertz CT molecular complexity index is 674. The van der Waals surface area contributed by atoms with Crippen LogP contribution in [0.15, 0.2) is 6.20 Å². The van der Waals surface area contributed by atoms with Crippen molar-refractivity contribution >= 4 is 23.6 Å². The number of alkyl halides is 3. The van der Waals surface area contributed by atoms with Crippen LogP contribution in [0.3, 0.4) is 0 Å². The van der Waals surface area contributed by atoms with Gasteiger partial charge in [-0.2, -0.15) is 24.9 Å². The summed E-state index contributed by atoms with van der Waals surface area (Å²) in [6, 6.07) is 0. The van der Waals surface area contributed by atoms with Gasteiger partial charge in [-0.15, -0.1) is 5.10 Å². The Labute approximate surface area is 171 Å². The third kappa shape index (κ3) is 8.60. The van der Waals surface area contributed by atoms with Gasteiger partial charge in [-0.1, -0.05) is 5.21 Å². The van der Waals surface area contributed by atoms with E-state index in [9.17, 15) is 18.0 Å². The van der Waals surface area contributed by atoms with E-state index in [1.807, 2.05) is 27.5 Å². The fourth-order valence-electron chi connectivity index (χ4n) is 2.84. The number of rotatable bonds is 7. The van der Waals surface area contributed by atoms with Crippen LogP contribution >= 0.6 is 11.8 Å². The maximum atomic E-state index is 12.2. The Morgan fingerprint density at radius 3 is 2.31 bits per heavy atom. The predicted octanol–water partition coefficient (Wildman–Crippen LogP) is 1.75. The lowest BCUT2D eigenvalue weighted by atomic mass is 9.97. The number of thioether (sulfide) groups is 1. The molecular formula is C17H26F3N5O3S. The van der Waals surface area contributed by atoms with Gasteiger partial charge in [0.25, 0.3) is 0 Å². The maximum absolute atomic E-state index is 12.2. The molecular weight excluding hydrogens is 411 g/mol. The van der Waals surface area contributed by atoms with Gasteiger partial charge in [-0.25, -0.2) is 4.79 Å². The average Bonchev–Trinajstić information content (AvgIpc) is 3.38. The molecule has 164 valence electrons. The van der Waals surface area contributed by atoms with E-state index in [1.54, 1.807) is 0 Å². The summed E-state index contributed by atoms with van der Waals surface area (Å²) in [5.41, 5.74) is 6.38. The molecule has 0 aromatic carbocycles. The van der Waals surface area contributed by atoms with Gasteiger partial charge in [0, 0.05) is 32.4 Å². The van der Waals surface area contributed by atoms with Crippen LogP contribution in [0.1, 0.15) is 31.4 Å². The first kappa shape index (κ1) is 23.5. The van der Waals surface area contributed by atoms with Gasteiger partial charge in [-0.05, 0) is 43.3 Å². The molecule has 29 heavy (non-hydrogen) atoms. The number of carboxylic acids is 1. The minimum Gasteiger partial charge on any atom is -0.475 e. The molecule has 1 aliphatic heterocycles. The highest BCUT2D eigenvalue weighted by atomic mass is 32.2. The minimum atomic E-state index is -5.08. The average molecular weight is 437 g/mol. The number of carboxylic acid groups (broad SMARTS) is 1. The number of carbonyl (C=O) groups excluding carboxylic acids is 1. The summed E-state index contributed by atoms with van der Waals surface area (Å²) in [5.74, 6) is 0.852. The molecule has 0 radical (unpaired) electrons. The fourth-order valence-corrected chi connectivity index (χ4v) is 3.98. The largest absolute Gasteiger partial charge is 0.490 e. The molecule has 2 heterocycles. The quantitative estimate of drug-likeness (QED) is 0.668. The Hall–Kier alpha value is -1.82. The number of carbonyl (C=O) groups is 2. The molecule has 0 spiro atoms. The summed E-state index contributed by atoms with van der Waals surface area (Å²) in [7, 11) is 0. The first-order valence-electron chi connectivity index (χ1n) is 9.43. The van der Waals surface area contributed by atoms with E-state index in [0.29, 0.717) is 24.1 Å². The second kappa shape index (κ2) is 10.8. The molecule has 1 aromatic rings. The highest BCUT2D eigenvalue weighted by Crippen LogP contribution is 2.32. The predicted molar refractivity (Wildman–Crippen MR) is 101 cm³/mol. The number of hydrogen-bond acceptors (Lipinski definition) is 6. The molecule has 0 atom stereocenters. The van der Waals surface area contributed by atoms with E-state index in [-0.39, 0.29) is 0 Å². The fraction of sp³-hybridized carbons (Fsp3) is 0.765. The molecule has 3 N–H and O–H groups in total. The summed E-state index contributed by atoms with van der Waals surface area (Å²) in [5, 5.41) is 15.2. The molecule has 1 saturated carbocycles. The Kier molecular flexibility index (Phi) is 8.75. The van der Waals surface area contributed by atoms with Gasteiger partial charge in [-0.3, -0.25) is 9.48 Å². The molecule has 2 aliphatic rings. The van der Waals surface area contributed by atoms with E-state index >= 15 is 0 Å². The molecule has 0 bridgehead atoms. The molecule has 0 unspecified atom stereocenters. The van der Waals surface area contributed by atoms with Gasteiger partial charge < -0.3 is 15.7 Å². The lowest BCUT2D eigenvalue weighted by Crippen LogP contribution is -2.40. The number of nitrogens with two attached hydrogens (primary N) is 1. The van der Waals surface area contributed by atoms with E-state index < -0.39 is 12.1 Å². The van der Waals surface area contributed by atoms with Crippen LogP contribution in [0.2, 0.25) is 0 Å². The van der Waals surface area contributed by atoms with Crippen LogP contribution < -0.4 is 5.73 Å². The summed E-state index contributed by atoms with van der Waals surface area (Å²) in [4.78, 5) is 23.1. The summed E-state index contributed by atoms with van der Waals surface area (Å²) < 4.78 is 33.6. The number of halogens is 3. The second-order valence-electron chi connectivity index (χ2n) is 7.22. The molecule has 1 saturated heterocycles. The van der Waals surface area contributed by atoms with Gasteiger partial charge in [0.05, 0.1) is 11.4 Å². The number of likely N-dealkylation sites (tertiary alicyclic amines) is 1. The van der Waals surface area contributed by atoms with Crippen molar-refractivity contribution in [3.63, 3.8) is 0 Å². The maximum Gasteiger partial charge on any atom is 0.490 e. The summed E-state index contributed by atoms with van der Waals surface area (Å²) >= 11 is 1.81. The van der Waals surface area contributed by atoms with Gasteiger partial charge in [0.2, 0.25) is 5.91 Å². The van der Waals surface area contributed by atoms with E-state index in [1.165, 1.54) is 12.8 Å². The van der Waals surface area contributed by atoms with Crippen LogP contribution in [-0.2, 0) is 22.7 Å². The second-order valence-corrected chi connectivity index (χ2v) is 8.25. The van der Waals surface area contributed by atoms with Crippen molar-refractivity contribution in [1.82, 2.24) is 19.9 Å². The molecule has 12 heteroatoms. The summed E-state index contributed by atoms with van der Waals surface area (Å²) in [6.07, 6.45) is 1.67. The molecule has 3 rings (SSSR count). The van der Waals surface area contributed by atoms with Crippen LogP contribution in [0, 0.1) is 11.8 Å². The SMILES string of the molecule is NCc1cn(CC2CCN(C(=O)CSCC3CC3)CC2)nn1.O=C(O)C(F)(F)F. The van der Waals surface area contributed by atoms with Crippen molar-refractivity contribution < 1.29 is 27.9 Å². The van der Waals surface area contributed by atoms with E-state index in [0.717, 1.165) is 49.8 Å². The highest BCUT2D eigenvalue weighted by molar-refractivity contribution is 7.99. The highest BCUT2D eigenvalue weighted by Gasteiger charge is 2.38. The Morgan fingerprint density at radius 2 is 1.83 bits per heavy atom. The summed E-state index contributed by atoms with van der Waals surface area (Å²) in [6.45, 7) is 3.08. The Balaban J connectivity index is 0.000000370. The smallest absolute Gasteiger partial charge is 0.475 e. The van der Waals surface area contributed by atoms with Crippen molar-refractivity contribution in [2.75, 3.05) is 24.6 Å². The molecule has 2 fully saturated rings. The number of hydrogen-bond donors (Lipinski definition) is 2. The van der Waals surface area contributed by atoms with Crippen LogP contribution in [0.25, 0.3) is 0 Å². The topological polar surface area (TPSA) is 114 Å². The number of aromatic nitrogens is 3. The van der Waals surface area contributed by atoms with Crippen LogP contribution in [0.4, 0.5) is 13.2 Å². The number of amides is 1. The molecule has 1 amide bonds. The molecule has 1 aromatic heterocycles. The normalized spacial score (nSPS) is 17.6. The zero-order chi connectivity index (χ0) is 21.4. The standard InChI is InChI=1S/C15H25N5OS.C2HF3O2/c16-7-14-9-20(18-17-14)8-12-3-5-19(6-4-12)15(21)11-22-10-13-1-2-13;3-2(4,5)1(6)7/h9,12-13H,1-8,10-11,16H2;(H,6,7). The third-order valence-corrected chi connectivity index (χ3v) is 5.88. The van der Waals surface area contributed by atoms with Crippen molar-refractivity contribution in [2.45, 2.75) is 44.9 Å². The van der Waals surface area contributed by atoms with Crippen molar-refractivity contribution in [3.05, 3.63) is 11.9 Å². The lowest BCUT2D eigenvalue weighted by molar-refractivity contribution is -0.192. The lowest BCUT2D eigenvalue weighted by Gasteiger charge is -2.31. The number of piperidine rings is 1. The monoisotopic (exact) mass is 437 g/mol. The van der Waals surface area contributed by atoms with Crippen LogP contribution in [-0.4, -0.2) is 67.6 Å². The first-order valence-corrected chi connectivity index (χ1v) is 10.6. The molecule has 8 nitrogen and oxygen atoms in total. The van der Waals surface area contributed by atoms with Gasteiger partial charge >= 0.3 is 12.1 Å². The molecule has 1 aliphatic carbocycles. The van der Waals surface area contributed by atoms with Gasteiger partial charge in [0.15, 0.2) is 0 Å². The Morgan fingerprint density at radius 1 is 1.21 bits per heavy atom. The van der Waals surface area contributed by atoms with Crippen molar-refractivity contribution in [2.24, 2.45) is 17.6 Å². The first-order chi connectivity index (χ1) is 13.7.